The Bertz CT molecular complexity index is 1020. The molecule has 1 spiro atoms. The number of rotatable bonds is 5. The van der Waals surface area contributed by atoms with Gasteiger partial charge in [0.15, 0.2) is 11.6 Å². The topological polar surface area (TPSA) is 131 Å². The Balaban J connectivity index is 1.64. The Labute approximate surface area is 167 Å². The molecular weight excluding hydrogens is 401 g/mol. The molecule has 1 aliphatic heterocycles. The minimum absolute atomic E-state index is 0.0344. The van der Waals surface area contributed by atoms with Gasteiger partial charge in [0.2, 0.25) is 16.0 Å². The minimum atomic E-state index is -3.96. The zero-order chi connectivity index (χ0) is 20.6. The lowest BCUT2D eigenvalue weighted by atomic mass is 9.78. The molecular formula is C18H22FN5O4S. The maximum atomic E-state index is 14.6. The zero-order valence-electron chi connectivity index (χ0n) is 15.6. The summed E-state index contributed by atoms with van der Waals surface area (Å²) in [6, 6.07) is 6.06. The lowest BCUT2D eigenvalue weighted by Gasteiger charge is -2.51. The maximum absolute atomic E-state index is 14.6. The van der Waals surface area contributed by atoms with E-state index in [-0.39, 0.29) is 29.0 Å². The number of primary sulfonamides is 1. The van der Waals surface area contributed by atoms with E-state index in [2.05, 4.69) is 15.3 Å². The summed E-state index contributed by atoms with van der Waals surface area (Å²) < 4.78 is 44.1. The van der Waals surface area contributed by atoms with Gasteiger partial charge in [-0.2, -0.15) is 4.98 Å². The van der Waals surface area contributed by atoms with Crippen molar-refractivity contribution in [2.45, 2.75) is 35.9 Å². The molecule has 1 saturated heterocycles. The summed E-state index contributed by atoms with van der Waals surface area (Å²) in [4.78, 5) is 9.82. The summed E-state index contributed by atoms with van der Waals surface area (Å²) in [5, 5.41) is 17.6. The van der Waals surface area contributed by atoms with Crippen LogP contribution in [0.15, 0.2) is 35.4 Å². The number of benzene rings is 1. The van der Waals surface area contributed by atoms with Crippen LogP contribution < -0.4 is 15.4 Å². The SMILES string of the molecule is NS(=O)(=O)c1ccccc1Nc1ncc(F)c(N2C[C@H](CO)OC3(CCC3)C2)n1. The Morgan fingerprint density at radius 2 is 2.14 bits per heavy atom. The lowest BCUT2D eigenvalue weighted by Crippen LogP contribution is -2.60. The number of nitrogens with one attached hydrogen (secondary N) is 1. The number of hydrogen-bond donors (Lipinski definition) is 3. The molecule has 1 aromatic carbocycles. The molecule has 1 atom stereocenters. The number of hydrogen-bond acceptors (Lipinski definition) is 8. The van der Waals surface area contributed by atoms with Gasteiger partial charge in [0.25, 0.3) is 0 Å². The van der Waals surface area contributed by atoms with Crippen molar-refractivity contribution in [1.82, 2.24) is 9.97 Å². The van der Waals surface area contributed by atoms with Gasteiger partial charge in [0.05, 0.1) is 30.2 Å². The third-order valence-corrected chi connectivity index (χ3v) is 6.22. The molecule has 0 unspecified atom stereocenters. The van der Waals surface area contributed by atoms with Crippen LogP contribution in [0.4, 0.5) is 21.8 Å². The van der Waals surface area contributed by atoms with Crippen molar-refractivity contribution in [2.24, 2.45) is 5.14 Å². The smallest absolute Gasteiger partial charge is 0.240 e. The summed E-state index contributed by atoms with van der Waals surface area (Å²) in [7, 11) is -3.96. The lowest BCUT2D eigenvalue weighted by molar-refractivity contribution is -0.159. The summed E-state index contributed by atoms with van der Waals surface area (Å²) in [6.45, 7) is 0.585. The molecule has 1 aromatic heterocycles. The molecule has 9 nitrogen and oxygen atoms in total. The number of morpholine rings is 1. The quantitative estimate of drug-likeness (QED) is 0.652. The molecule has 0 amide bonds. The molecule has 4 rings (SSSR count). The van der Waals surface area contributed by atoms with E-state index in [1.54, 1.807) is 17.0 Å². The number of nitrogens with zero attached hydrogens (tertiary/aromatic N) is 3. The number of aliphatic hydroxyl groups excluding tert-OH is 1. The van der Waals surface area contributed by atoms with Gasteiger partial charge in [-0.1, -0.05) is 12.1 Å². The van der Waals surface area contributed by atoms with Crippen LogP contribution in [-0.2, 0) is 14.8 Å². The Morgan fingerprint density at radius 1 is 1.38 bits per heavy atom. The van der Waals surface area contributed by atoms with E-state index in [0.29, 0.717) is 13.1 Å². The van der Waals surface area contributed by atoms with Crippen molar-refractivity contribution in [3.63, 3.8) is 0 Å². The van der Waals surface area contributed by atoms with Gasteiger partial charge in [0.1, 0.15) is 4.90 Å². The second kappa shape index (κ2) is 7.48. The van der Waals surface area contributed by atoms with Gasteiger partial charge >= 0.3 is 0 Å². The van der Waals surface area contributed by atoms with Crippen LogP contribution in [0.1, 0.15) is 19.3 Å². The van der Waals surface area contributed by atoms with E-state index >= 15 is 0 Å². The molecule has 2 fully saturated rings. The van der Waals surface area contributed by atoms with Gasteiger partial charge in [-0.05, 0) is 31.4 Å². The fourth-order valence-corrected chi connectivity index (χ4v) is 4.46. The fraction of sp³-hybridized carbons (Fsp3) is 0.444. The average Bonchev–Trinajstić information content (AvgIpc) is 2.67. The van der Waals surface area contributed by atoms with Crippen LogP contribution in [-0.4, -0.2) is 54.9 Å². The van der Waals surface area contributed by atoms with E-state index in [1.807, 2.05) is 0 Å². The average molecular weight is 423 g/mol. The standard InChI is InChI=1S/C18H22FN5O4S/c19-13-8-21-17(22-14-4-1-2-5-15(14)29(20,26)27)23-16(13)24-9-12(10-25)28-18(11-24)6-3-7-18/h1-2,4-5,8,12,25H,3,6-7,9-11H2,(H2,20,26,27)(H,21,22,23)/t12-/m1/s1. The number of nitrogens with two attached hydrogens (primary N) is 1. The highest BCUT2D eigenvalue weighted by Gasteiger charge is 2.46. The van der Waals surface area contributed by atoms with Crippen LogP contribution in [0.25, 0.3) is 0 Å². The van der Waals surface area contributed by atoms with E-state index in [4.69, 9.17) is 9.88 Å². The van der Waals surface area contributed by atoms with Crippen LogP contribution in [0.5, 0.6) is 0 Å². The number of aromatic nitrogens is 2. The van der Waals surface area contributed by atoms with E-state index in [0.717, 1.165) is 25.5 Å². The Hall–Kier alpha value is -2.34. The number of anilines is 3. The van der Waals surface area contributed by atoms with Crippen LogP contribution in [0.3, 0.4) is 0 Å². The second-order valence-electron chi connectivity index (χ2n) is 7.37. The predicted molar refractivity (Wildman–Crippen MR) is 104 cm³/mol. The zero-order valence-corrected chi connectivity index (χ0v) is 16.4. The molecule has 2 aromatic rings. The van der Waals surface area contributed by atoms with Gasteiger partial charge in [0, 0.05) is 13.1 Å². The molecule has 11 heteroatoms. The molecule has 1 aliphatic carbocycles. The fourth-order valence-electron chi connectivity index (χ4n) is 3.77. The molecule has 2 heterocycles. The number of halogens is 1. The van der Waals surface area contributed by atoms with Crippen molar-refractivity contribution < 1.29 is 22.7 Å². The van der Waals surface area contributed by atoms with Crippen molar-refractivity contribution in [3.8, 4) is 0 Å². The van der Waals surface area contributed by atoms with Crippen molar-refractivity contribution >= 4 is 27.5 Å². The summed E-state index contributed by atoms with van der Waals surface area (Å²) >= 11 is 0. The number of para-hydroxylation sites is 1. The molecule has 1 saturated carbocycles. The van der Waals surface area contributed by atoms with E-state index in [9.17, 15) is 17.9 Å². The third-order valence-electron chi connectivity index (χ3n) is 5.25. The first-order valence-corrected chi connectivity index (χ1v) is 10.8. The largest absolute Gasteiger partial charge is 0.394 e. The Morgan fingerprint density at radius 3 is 2.79 bits per heavy atom. The van der Waals surface area contributed by atoms with E-state index in [1.165, 1.54) is 12.1 Å². The molecule has 2 aliphatic rings. The van der Waals surface area contributed by atoms with Crippen molar-refractivity contribution in [1.29, 1.82) is 0 Å². The minimum Gasteiger partial charge on any atom is -0.394 e. The van der Waals surface area contributed by atoms with E-state index < -0.39 is 27.5 Å². The highest BCUT2D eigenvalue weighted by Crippen LogP contribution is 2.41. The first kappa shape index (κ1) is 20.0. The first-order valence-electron chi connectivity index (χ1n) is 9.25. The van der Waals surface area contributed by atoms with Crippen molar-refractivity contribution in [2.75, 3.05) is 29.9 Å². The van der Waals surface area contributed by atoms with Gasteiger partial charge < -0.3 is 20.1 Å². The highest BCUT2D eigenvalue weighted by molar-refractivity contribution is 7.89. The van der Waals surface area contributed by atoms with Gasteiger partial charge in [-0.3, -0.25) is 0 Å². The maximum Gasteiger partial charge on any atom is 0.240 e. The number of aliphatic hydroxyl groups is 1. The highest BCUT2D eigenvalue weighted by atomic mass is 32.2. The Kier molecular flexibility index (Phi) is 5.15. The normalized spacial score (nSPS) is 21.1. The first-order chi connectivity index (χ1) is 13.8. The van der Waals surface area contributed by atoms with Crippen LogP contribution in [0, 0.1) is 5.82 Å². The van der Waals surface area contributed by atoms with Crippen LogP contribution in [0.2, 0.25) is 0 Å². The van der Waals surface area contributed by atoms with Crippen molar-refractivity contribution in [3.05, 3.63) is 36.3 Å². The van der Waals surface area contributed by atoms with Gasteiger partial charge in [-0.25, -0.2) is 22.9 Å². The molecule has 4 N–H and O–H groups in total. The van der Waals surface area contributed by atoms with Crippen LogP contribution >= 0.6 is 0 Å². The second-order valence-corrected chi connectivity index (χ2v) is 8.90. The molecule has 156 valence electrons. The monoisotopic (exact) mass is 423 g/mol. The summed E-state index contributed by atoms with van der Waals surface area (Å²) in [6.07, 6.45) is 3.31. The molecule has 0 radical (unpaired) electrons. The number of ether oxygens (including phenoxy) is 1. The number of sulfonamides is 1. The molecule has 0 bridgehead atoms. The predicted octanol–water partition coefficient (Wildman–Crippen LogP) is 1.13. The third kappa shape index (κ3) is 4.04. The summed E-state index contributed by atoms with van der Waals surface area (Å²) in [5.41, 5.74) is -0.199. The molecule has 29 heavy (non-hydrogen) atoms. The van der Waals surface area contributed by atoms with Gasteiger partial charge in [-0.15, -0.1) is 0 Å². The summed E-state index contributed by atoms with van der Waals surface area (Å²) in [5.74, 6) is -0.501.